The summed E-state index contributed by atoms with van der Waals surface area (Å²) in [7, 11) is 0. The Morgan fingerprint density at radius 1 is 1.31 bits per heavy atom. The van der Waals surface area contributed by atoms with E-state index >= 15 is 0 Å². The van der Waals surface area contributed by atoms with Crippen LogP contribution in [0.15, 0.2) is 0 Å². The summed E-state index contributed by atoms with van der Waals surface area (Å²) in [5.74, 6) is 0.0907. The van der Waals surface area contributed by atoms with E-state index in [9.17, 15) is 4.79 Å². The maximum absolute atomic E-state index is 10.7. The first-order chi connectivity index (χ1) is 6.20. The zero-order valence-electron chi connectivity index (χ0n) is 9.81. The first kappa shape index (κ1) is 15.0. The van der Waals surface area contributed by atoms with Crippen molar-refractivity contribution in [3.8, 4) is 0 Å². The normalized spacial score (nSPS) is 11.2. The molecule has 0 aromatic carbocycles. The van der Waals surface area contributed by atoms with Crippen LogP contribution in [0.3, 0.4) is 0 Å². The third kappa shape index (κ3) is 11.5. The molecule has 0 saturated heterocycles. The average molecular weight is 187 g/mol. The number of hydrogen-bond acceptors (Lipinski definition) is 1. The van der Waals surface area contributed by atoms with E-state index in [1.165, 1.54) is 12.8 Å². The Hall–Kier alpha value is -0.530. The summed E-state index contributed by atoms with van der Waals surface area (Å²) < 4.78 is 0. The van der Waals surface area contributed by atoms with Gasteiger partial charge in [-0.25, -0.2) is 0 Å². The Morgan fingerprint density at radius 3 is 2.15 bits per heavy atom. The summed E-state index contributed by atoms with van der Waals surface area (Å²) in [5, 5.41) is 2.93. The fourth-order valence-corrected chi connectivity index (χ4v) is 1.12. The maximum atomic E-state index is 10.7. The Morgan fingerprint density at radius 2 is 1.85 bits per heavy atom. The van der Waals surface area contributed by atoms with Crippen LogP contribution < -0.4 is 5.32 Å². The Bertz CT molecular complexity index is 113. The summed E-state index contributed by atoms with van der Waals surface area (Å²) in [5.41, 5.74) is 0. The molecule has 0 aliphatic heterocycles. The van der Waals surface area contributed by atoms with Crippen LogP contribution in [0.2, 0.25) is 0 Å². The SMILES string of the molecule is CC.CCCCC(CC)NC(C)=O. The predicted molar refractivity (Wildman–Crippen MR) is 58.8 cm³/mol. The highest BCUT2D eigenvalue weighted by Gasteiger charge is 2.05. The molecular formula is C11H25NO. The van der Waals surface area contributed by atoms with Gasteiger partial charge in [0.2, 0.25) is 5.91 Å². The molecule has 1 amide bonds. The van der Waals surface area contributed by atoms with Crippen LogP contribution in [0.4, 0.5) is 0 Å². The molecule has 0 aromatic rings. The molecule has 0 saturated carbocycles. The number of amides is 1. The molecule has 0 radical (unpaired) electrons. The summed E-state index contributed by atoms with van der Waals surface area (Å²) in [6.07, 6.45) is 4.57. The second-order valence-corrected chi connectivity index (χ2v) is 2.95. The van der Waals surface area contributed by atoms with Gasteiger partial charge >= 0.3 is 0 Å². The minimum atomic E-state index is 0.0907. The van der Waals surface area contributed by atoms with Crippen molar-refractivity contribution in [3.05, 3.63) is 0 Å². The lowest BCUT2D eigenvalue weighted by molar-refractivity contribution is -0.119. The van der Waals surface area contributed by atoms with Crippen LogP contribution in [-0.4, -0.2) is 11.9 Å². The van der Waals surface area contributed by atoms with Crippen LogP contribution in [0.5, 0.6) is 0 Å². The van der Waals surface area contributed by atoms with Gasteiger partial charge in [0.15, 0.2) is 0 Å². The summed E-state index contributed by atoms with van der Waals surface area (Å²) in [6.45, 7) is 9.85. The molecule has 2 heteroatoms. The van der Waals surface area contributed by atoms with E-state index in [0.717, 1.165) is 12.8 Å². The number of nitrogens with one attached hydrogen (secondary N) is 1. The van der Waals surface area contributed by atoms with Gasteiger partial charge in [0.05, 0.1) is 0 Å². The van der Waals surface area contributed by atoms with Crippen molar-refractivity contribution >= 4 is 5.91 Å². The third-order valence-electron chi connectivity index (χ3n) is 1.81. The molecule has 0 spiro atoms. The van der Waals surface area contributed by atoms with Gasteiger partial charge in [0.25, 0.3) is 0 Å². The smallest absolute Gasteiger partial charge is 0.217 e. The molecule has 1 N–H and O–H groups in total. The van der Waals surface area contributed by atoms with E-state index in [1.807, 2.05) is 13.8 Å². The van der Waals surface area contributed by atoms with E-state index in [4.69, 9.17) is 0 Å². The van der Waals surface area contributed by atoms with Gasteiger partial charge in [0, 0.05) is 13.0 Å². The van der Waals surface area contributed by atoms with Gasteiger partial charge in [-0.05, 0) is 12.8 Å². The van der Waals surface area contributed by atoms with Gasteiger partial charge in [-0.2, -0.15) is 0 Å². The van der Waals surface area contributed by atoms with Crippen LogP contribution in [-0.2, 0) is 4.79 Å². The fourth-order valence-electron chi connectivity index (χ4n) is 1.12. The number of hydrogen-bond donors (Lipinski definition) is 1. The first-order valence-electron chi connectivity index (χ1n) is 5.47. The Balaban J connectivity index is 0. The van der Waals surface area contributed by atoms with Gasteiger partial charge in [-0.15, -0.1) is 0 Å². The van der Waals surface area contributed by atoms with Crippen LogP contribution in [0.25, 0.3) is 0 Å². The lowest BCUT2D eigenvalue weighted by Crippen LogP contribution is -2.32. The quantitative estimate of drug-likeness (QED) is 0.704. The molecule has 0 aromatic heterocycles. The summed E-state index contributed by atoms with van der Waals surface area (Å²) in [6, 6.07) is 0.396. The third-order valence-corrected chi connectivity index (χ3v) is 1.81. The van der Waals surface area contributed by atoms with E-state index in [-0.39, 0.29) is 5.91 Å². The predicted octanol–water partition coefficient (Wildman–Crippen LogP) is 3.12. The van der Waals surface area contributed by atoms with Gasteiger partial charge in [0.1, 0.15) is 0 Å². The Labute approximate surface area is 83.1 Å². The van der Waals surface area contributed by atoms with E-state index in [2.05, 4.69) is 19.2 Å². The minimum absolute atomic E-state index is 0.0907. The monoisotopic (exact) mass is 187 g/mol. The van der Waals surface area contributed by atoms with Gasteiger partial charge in [-0.1, -0.05) is 40.5 Å². The highest BCUT2D eigenvalue weighted by atomic mass is 16.1. The van der Waals surface area contributed by atoms with Crippen molar-refractivity contribution in [1.82, 2.24) is 5.32 Å². The fraction of sp³-hybridized carbons (Fsp3) is 0.909. The molecule has 13 heavy (non-hydrogen) atoms. The van der Waals surface area contributed by atoms with Crippen LogP contribution in [0, 0.1) is 0 Å². The zero-order chi connectivity index (χ0) is 10.7. The number of carbonyl (C=O) groups excluding carboxylic acids is 1. The van der Waals surface area contributed by atoms with Crippen LogP contribution >= 0.6 is 0 Å². The molecule has 0 aliphatic rings. The zero-order valence-corrected chi connectivity index (χ0v) is 9.81. The molecule has 1 atom stereocenters. The highest BCUT2D eigenvalue weighted by Crippen LogP contribution is 2.03. The van der Waals surface area contributed by atoms with E-state index < -0.39 is 0 Å². The number of unbranched alkanes of at least 4 members (excludes halogenated alkanes) is 1. The van der Waals surface area contributed by atoms with E-state index in [1.54, 1.807) is 6.92 Å². The van der Waals surface area contributed by atoms with Crippen molar-refractivity contribution in [2.75, 3.05) is 0 Å². The number of carbonyl (C=O) groups is 1. The first-order valence-corrected chi connectivity index (χ1v) is 5.47. The minimum Gasteiger partial charge on any atom is -0.354 e. The molecule has 0 heterocycles. The van der Waals surface area contributed by atoms with Crippen molar-refractivity contribution in [3.63, 3.8) is 0 Å². The largest absolute Gasteiger partial charge is 0.354 e. The van der Waals surface area contributed by atoms with Gasteiger partial charge in [-0.3, -0.25) is 4.79 Å². The average Bonchev–Trinajstić information content (AvgIpc) is 2.15. The second kappa shape index (κ2) is 11.5. The summed E-state index contributed by atoms with van der Waals surface area (Å²) in [4.78, 5) is 10.7. The molecule has 0 aliphatic carbocycles. The number of rotatable bonds is 5. The summed E-state index contributed by atoms with van der Waals surface area (Å²) >= 11 is 0. The van der Waals surface area contributed by atoms with Crippen molar-refractivity contribution in [2.45, 2.75) is 66.3 Å². The topological polar surface area (TPSA) is 29.1 Å². The molecule has 1 unspecified atom stereocenters. The van der Waals surface area contributed by atoms with Crippen molar-refractivity contribution in [2.24, 2.45) is 0 Å². The van der Waals surface area contributed by atoms with E-state index in [0.29, 0.717) is 6.04 Å². The maximum Gasteiger partial charge on any atom is 0.217 e. The molecule has 0 rings (SSSR count). The second-order valence-electron chi connectivity index (χ2n) is 2.95. The highest BCUT2D eigenvalue weighted by molar-refractivity contribution is 5.73. The van der Waals surface area contributed by atoms with Crippen LogP contribution in [0.1, 0.15) is 60.3 Å². The standard InChI is InChI=1S/C9H19NO.C2H6/c1-4-6-7-9(5-2)10-8(3)11;1-2/h9H,4-7H2,1-3H3,(H,10,11);1-2H3. The Kier molecular flexibility index (Phi) is 13.2. The lowest BCUT2D eigenvalue weighted by atomic mass is 10.1. The molecular weight excluding hydrogens is 162 g/mol. The molecule has 80 valence electrons. The lowest BCUT2D eigenvalue weighted by Gasteiger charge is -2.14. The van der Waals surface area contributed by atoms with Gasteiger partial charge < -0.3 is 5.32 Å². The molecule has 0 fully saturated rings. The van der Waals surface area contributed by atoms with Crippen molar-refractivity contribution < 1.29 is 4.79 Å². The molecule has 0 bridgehead atoms. The molecule has 2 nitrogen and oxygen atoms in total. The van der Waals surface area contributed by atoms with Crippen molar-refractivity contribution in [1.29, 1.82) is 0 Å².